The average molecular weight is 271 g/mol. The zero-order chi connectivity index (χ0) is 13.9. The van der Waals surface area contributed by atoms with Crippen LogP contribution in [0.2, 0.25) is 0 Å². The number of hydrogen-bond donors (Lipinski definition) is 5. The summed E-state index contributed by atoms with van der Waals surface area (Å²) in [6, 6.07) is 0. The van der Waals surface area contributed by atoms with E-state index >= 15 is 0 Å². The van der Waals surface area contributed by atoms with E-state index < -0.39 is 42.0 Å². The van der Waals surface area contributed by atoms with Gasteiger partial charge in [0.1, 0.15) is 17.7 Å². The molecule has 0 aromatic carbocycles. The van der Waals surface area contributed by atoms with E-state index in [0.29, 0.717) is 6.42 Å². The van der Waals surface area contributed by atoms with Crippen LogP contribution in [0.3, 0.4) is 0 Å². The van der Waals surface area contributed by atoms with E-state index in [1.165, 1.54) is 0 Å². The Bertz CT molecular complexity index is 456. The summed E-state index contributed by atoms with van der Waals surface area (Å²) in [4.78, 5) is 15.6. The van der Waals surface area contributed by atoms with Crippen molar-refractivity contribution in [1.82, 2.24) is 5.32 Å². The molecule has 2 fully saturated rings. The minimum atomic E-state index is -1.60. The molecule has 106 valence electrons. The SMILES string of the molecule is C[C@@H]1C[C@@H]2[C@@H](O)N=C(N)N[C@]23[C@H](O)C(=O)O[C@H]1[C@H]3O. The normalized spacial score (nSPS) is 52.6. The summed E-state index contributed by atoms with van der Waals surface area (Å²) in [5, 5.41) is 33.3. The van der Waals surface area contributed by atoms with Crippen LogP contribution in [0, 0.1) is 11.8 Å². The number of rotatable bonds is 0. The highest BCUT2D eigenvalue weighted by atomic mass is 16.6. The number of ether oxygens (including phenoxy) is 1. The standard InChI is InChI=1S/C11H17N3O5/c1-3-2-4-8(17)13-10(12)14-11(4)6(15)5(3)19-9(18)7(11)16/h3-8,15-17H,2H2,1H3,(H3,12,13,14)/t3-,4-,5-,6-,7-,8-,11-/m1/s1. The summed E-state index contributed by atoms with van der Waals surface area (Å²) in [6.45, 7) is 1.82. The van der Waals surface area contributed by atoms with E-state index in [9.17, 15) is 20.1 Å². The van der Waals surface area contributed by atoms with Gasteiger partial charge in [0.2, 0.25) is 0 Å². The predicted octanol–water partition coefficient (Wildman–Crippen LogP) is -2.74. The molecule has 8 heteroatoms. The number of guanidine groups is 1. The van der Waals surface area contributed by atoms with Crippen molar-refractivity contribution in [1.29, 1.82) is 0 Å². The van der Waals surface area contributed by atoms with Crippen LogP contribution in [0.1, 0.15) is 13.3 Å². The fourth-order valence-electron chi connectivity index (χ4n) is 3.56. The van der Waals surface area contributed by atoms with Gasteiger partial charge in [0.05, 0.1) is 0 Å². The number of nitrogens with one attached hydrogen (secondary N) is 1. The van der Waals surface area contributed by atoms with Gasteiger partial charge < -0.3 is 31.1 Å². The first-order valence-electron chi connectivity index (χ1n) is 6.24. The molecule has 3 rings (SSSR count). The Hall–Kier alpha value is -1.38. The molecule has 2 heterocycles. The van der Waals surface area contributed by atoms with Crippen molar-refractivity contribution >= 4 is 11.9 Å². The third kappa shape index (κ3) is 1.44. The van der Waals surface area contributed by atoms with Gasteiger partial charge in [0.15, 0.2) is 18.3 Å². The molecular weight excluding hydrogens is 254 g/mol. The van der Waals surface area contributed by atoms with Crippen molar-refractivity contribution in [2.75, 3.05) is 0 Å². The number of aliphatic hydroxyl groups is 3. The second-order valence-electron chi connectivity index (χ2n) is 5.55. The third-order valence-corrected chi connectivity index (χ3v) is 4.50. The minimum absolute atomic E-state index is 0.107. The molecular formula is C11H17N3O5. The number of esters is 1. The van der Waals surface area contributed by atoms with Crippen molar-refractivity contribution in [2.45, 2.75) is 43.4 Å². The van der Waals surface area contributed by atoms with Gasteiger partial charge in [-0.3, -0.25) is 0 Å². The highest BCUT2D eigenvalue weighted by molar-refractivity contribution is 5.84. The molecule has 1 saturated carbocycles. The van der Waals surface area contributed by atoms with Crippen LogP contribution < -0.4 is 11.1 Å². The summed E-state index contributed by atoms with van der Waals surface area (Å²) in [7, 11) is 0. The Morgan fingerprint density at radius 2 is 2.16 bits per heavy atom. The smallest absolute Gasteiger partial charge is 0.337 e. The lowest BCUT2D eigenvalue weighted by Gasteiger charge is -2.58. The molecule has 1 saturated heterocycles. The van der Waals surface area contributed by atoms with Crippen LogP contribution in [-0.2, 0) is 9.53 Å². The van der Waals surface area contributed by atoms with Crippen LogP contribution in [0.15, 0.2) is 4.99 Å². The molecule has 0 aromatic heterocycles. The molecule has 0 aromatic rings. The van der Waals surface area contributed by atoms with Crippen LogP contribution in [0.5, 0.6) is 0 Å². The molecule has 2 bridgehead atoms. The second kappa shape index (κ2) is 3.81. The quantitative estimate of drug-likeness (QED) is 0.301. The zero-order valence-corrected chi connectivity index (χ0v) is 10.4. The summed E-state index contributed by atoms with van der Waals surface area (Å²) >= 11 is 0. The molecule has 1 aliphatic carbocycles. The van der Waals surface area contributed by atoms with Crippen LogP contribution >= 0.6 is 0 Å². The molecule has 6 N–H and O–H groups in total. The number of fused-ring (bicyclic) bond motifs is 1. The first-order valence-corrected chi connectivity index (χ1v) is 6.24. The van der Waals surface area contributed by atoms with Crippen LogP contribution in [0.25, 0.3) is 0 Å². The Morgan fingerprint density at radius 3 is 2.84 bits per heavy atom. The second-order valence-corrected chi connectivity index (χ2v) is 5.55. The topological polar surface area (TPSA) is 137 Å². The monoisotopic (exact) mass is 271 g/mol. The molecule has 3 aliphatic rings. The Balaban J connectivity index is 2.13. The number of nitrogens with two attached hydrogens (primary N) is 1. The number of carbonyl (C=O) groups is 1. The number of hydrogen-bond acceptors (Lipinski definition) is 8. The van der Waals surface area contributed by atoms with Crippen molar-refractivity contribution in [3.63, 3.8) is 0 Å². The van der Waals surface area contributed by atoms with E-state index in [2.05, 4.69) is 10.3 Å². The summed E-state index contributed by atoms with van der Waals surface area (Å²) in [6.07, 6.45) is -4.19. The maximum absolute atomic E-state index is 11.8. The Morgan fingerprint density at radius 1 is 1.47 bits per heavy atom. The molecule has 7 atom stereocenters. The fraction of sp³-hybridized carbons (Fsp3) is 0.818. The van der Waals surface area contributed by atoms with E-state index in [1.54, 1.807) is 0 Å². The molecule has 1 spiro atoms. The first kappa shape index (κ1) is 12.6. The van der Waals surface area contributed by atoms with Gasteiger partial charge in [-0.2, -0.15) is 0 Å². The van der Waals surface area contributed by atoms with Crippen molar-refractivity contribution in [3.8, 4) is 0 Å². The van der Waals surface area contributed by atoms with E-state index in [-0.39, 0.29) is 11.9 Å². The molecule has 8 nitrogen and oxygen atoms in total. The summed E-state index contributed by atoms with van der Waals surface area (Å²) in [5.74, 6) is -1.68. The van der Waals surface area contributed by atoms with E-state index in [1.807, 2.05) is 6.92 Å². The van der Waals surface area contributed by atoms with Gasteiger partial charge in [0.25, 0.3) is 0 Å². The lowest BCUT2D eigenvalue weighted by atomic mass is 9.61. The van der Waals surface area contributed by atoms with Gasteiger partial charge in [-0.15, -0.1) is 0 Å². The highest BCUT2D eigenvalue weighted by Crippen LogP contribution is 2.47. The minimum Gasteiger partial charge on any atom is -0.457 e. The first-order chi connectivity index (χ1) is 8.87. The van der Waals surface area contributed by atoms with E-state index in [0.717, 1.165) is 0 Å². The van der Waals surface area contributed by atoms with Crippen molar-refractivity contribution in [2.24, 2.45) is 22.6 Å². The molecule has 2 aliphatic heterocycles. The maximum Gasteiger partial charge on any atom is 0.337 e. The molecule has 0 amide bonds. The summed E-state index contributed by atoms with van der Waals surface area (Å²) < 4.78 is 5.07. The van der Waals surface area contributed by atoms with Gasteiger partial charge in [0, 0.05) is 5.92 Å². The van der Waals surface area contributed by atoms with Gasteiger partial charge >= 0.3 is 5.97 Å². The number of aliphatic hydroxyl groups excluding tert-OH is 3. The third-order valence-electron chi connectivity index (χ3n) is 4.50. The average Bonchev–Trinajstić information content (AvgIpc) is 2.33. The highest BCUT2D eigenvalue weighted by Gasteiger charge is 2.67. The number of carbonyl (C=O) groups excluding carboxylic acids is 1. The maximum atomic E-state index is 11.8. The number of aliphatic imine (C=N–C) groups is 1. The Labute approximate surface area is 109 Å². The lowest BCUT2D eigenvalue weighted by Crippen LogP contribution is -2.81. The van der Waals surface area contributed by atoms with Gasteiger partial charge in [-0.05, 0) is 12.3 Å². The van der Waals surface area contributed by atoms with Gasteiger partial charge in [-0.25, -0.2) is 9.79 Å². The lowest BCUT2D eigenvalue weighted by molar-refractivity contribution is -0.235. The summed E-state index contributed by atoms with van der Waals surface area (Å²) in [5.41, 5.74) is 4.14. The van der Waals surface area contributed by atoms with E-state index in [4.69, 9.17) is 10.5 Å². The predicted molar refractivity (Wildman–Crippen MR) is 62.7 cm³/mol. The van der Waals surface area contributed by atoms with Crippen molar-refractivity contribution in [3.05, 3.63) is 0 Å². The largest absolute Gasteiger partial charge is 0.457 e. The number of nitrogens with zero attached hydrogens (tertiary/aromatic N) is 1. The Kier molecular flexibility index (Phi) is 2.54. The van der Waals surface area contributed by atoms with Crippen molar-refractivity contribution < 1.29 is 24.9 Å². The fourth-order valence-corrected chi connectivity index (χ4v) is 3.56. The van der Waals surface area contributed by atoms with Crippen LogP contribution in [-0.4, -0.2) is 57.3 Å². The molecule has 19 heavy (non-hydrogen) atoms. The van der Waals surface area contributed by atoms with Crippen LogP contribution in [0.4, 0.5) is 0 Å². The van der Waals surface area contributed by atoms with Gasteiger partial charge in [-0.1, -0.05) is 6.92 Å². The molecule has 0 unspecified atom stereocenters. The molecule has 0 radical (unpaired) electrons. The zero-order valence-electron chi connectivity index (χ0n) is 10.4.